The largest absolute Gasteiger partial charge is 0.368 e. The summed E-state index contributed by atoms with van der Waals surface area (Å²) in [6.07, 6.45) is 4.80. The van der Waals surface area contributed by atoms with Gasteiger partial charge in [0.05, 0.1) is 17.8 Å². The SMILES string of the molecule is C[C@H](Nc1nc(N)ncc1C#N)c1nc2ncccc2n1-c1ccccn1. The minimum Gasteiger partial charge on any atom is -0.368 e. The van der Waals surface area contributed by atoms with Crippen molar-refractivity contribution in [1.82, 2.24) is 29.5 Å². The summed E-state index contributed by atoms with van der Waals surface area (Å²) >= 11 is 0. The number of nitriles is 1. The van der Waals surface area contributed by atoms with E-state index in [1.54, 1.807) is 12.4 Å². The van der Waals surface area contributed by atoms with Gasteiger partial charge in [0.2, 0.25) is 5.95 Å². The van der Waals surface area contributed by atoms with Crippen molar-refractivity contribution in [2.24, 2.45) is 0 Å². The van der Waals surface area contributed by atoms with Crippen molar-refractivity contribution in [3.8, 4) is 11.9 Å². The van der Waals surface area contributed by atoms with Crippen LogP contribution >= 0.6 is 0 Å². The maximum atomic E-state index is 9.29. The average Bonchev–Trinajstić information content (AvgIpc) is 3.08. The number of nitrogens with zero attached hydrogens (tertiary/aromatic N) is 7. The molecule has 0 spiro atoms. The molecule has 0 amide bonds. The normalized spacial score (nSPS) is 11.9. The molecule has 0 aliphatic carbocycles. The third-order valence-electron chi connectivity index (χ3n) is 4.00. The first-order chi connectivity index (χ1) is 13.2. The second-order valence-electron chi connectivity index (χ2n) is 5.81. The zero-order valence-electron chi connectivity index (χ0n) is 14.4. The molecule has 9 nitrogen and oxygen atoms in total. The van der Waals surface area contributed by atoms with Gasteiger partial charge in [0.1, 0.15) is 29.1 Å². The molecule has 0 saturated heterocycles. The Kier molecular flexibility index (Phi) is 4.06. The maximum absolute atomic E-state index is 9.29. The van der Waals surface area contributed by atoms with E-state index in [2.05, 4.69) is 36.3 Å². The molecule has 0 unspecified atom stereocenters. The minimum atomic E-state index is -0.303. The summed E-state index contributed by atoms with van der Waals surface area (Å²) in [6.45, 7) is 1.92. The van der Waals surface area contributed by atoms with Gasteiger partial charge in [-0.15, -0.1) is 0 Å². The first-order valence-electron chi connectivity index (χ1n) is 8.21. The van der Waals surface area contributed by atoms with Gasteiger partial charge in [-0.05, 0) is 31.2 Å². The smallest absolute Gasteiger partial charge is 0.222 e. The summed E-state index contributed by atoms with van der Waals surface area (Å²) < 4.78 is 1.93. The molecule has 9 heteroatoms. The lowest BCUT2D eigenvalue weighted by Crippen LogP contribution is -2.16. The van der Waals surface area contributed by atoms with E-state index in [-0.39, 0.29) is 12.0 Å². The molecule has 4 heterocycles. The van der Waals surface area contributed by atoms with Crippen LogP contribution in [0.15, 0.2) is 48.9 Å². The highest BCUT2D eigenvalue weighted by Gasteiger charge is 2.20. The van der Waals surface area contributed by atoms with Gasteiger partial charge < -0.3 is 11.1 Å². The molecular formula is C18H15N9. The van der Waals surface area contributed by atoms with Crippen LogP contribution in [0.3, 0.4) is 0 Å². The number of nitrogens with one attached hydrogen (secondary N) is 1. The Balaban J connectivity index is 1.82. The highest BCUT2D eigenvalue weighted by molar-refractivity contribution is 5.74. The summed E-state index contributed by atoms with van der Waals surface area (Å²) in [5, 5.41) is 12.5. The number of imidazole rings is 1. The van der Waals surface area contributed by atoms with E-state index in [0.29, 0.717) is 22.9 Å². The van der Waals surface area contributed by atoms with Crippen LogP contribution in [0.5, 0.6) is 0 Å². The molecule has 27 heavy (non-hydrogen) atoms. The number of nitrogen functional groups attached to an aromatic ring is 1. The number of pyridine rings is 2. The van der Waals surface area contributed by atoms with E-state index in [1.807, 2.05) is 41.8 Å². The summed E-state index contributed by atoms with van der Waals surface area (Å²) in [5.41, 5.74) is 7.41. The van der Waals surface area contributed by atoms with Gasteiger partial charge in [-0.3, -0.25) is 4.57 Å². The first kappa shape index (κ1) is 16.4. The Morgan fingerprint density at radius 3 is 2.74 bits per heavy atom. The number of hydrogen-bond acceptors (Lipinski definition) is 8. The molecule has 0 saturated carbocycles. The lowest BCUT2D eigenvalue weighted by atomic mass is 10.2. The fourth-order valence-electron chi connectivity index (χ4n) is 2.81. The van der Waals surface area contributed by atoms with Crippen molar-refractivity contribution in [2.45, 2.75) is 13.0 Å². The molecule has 0 aromatic carbocycles. The molecule has 4 aromatic heterocycles. The summed E-state index contributed by atoms with van der Waals surface area (Å²) in [7, 11) is 0. The third kappa shape index (κ3) is 3.00. The van der Waals surface area contributed by atoms with E-state index in [0.717, 1.165) is 11.3 Å². The zero-order valence-corrected chi connectivity index (χ0v) is 14.4. The van der Waals surface area contributed by atoms with Crippen LogP contribution in [0.4, 0.5) is 11.8 Å². The maximum Gasteiger partial charge on any atom is 0.222 e. The molecule has 0 radical (unpaired) electrons. The van der Waals surface area contributed by atoms with Crippen molar-refractivity contribution in [1.29, 1.82) is 5.26 Å². The Bertz CT molecular complexity index is 1140. The number of hydrogen-bond donors (Lipinski definition) is 2. The molecule has 132 valence electrons. The molecular weight excluding hydrogens is 342 g/mol. The van der Waals surface area contributed by atoms with E-state index < -0.39 is 0 Å². The number of rotatable bonds is 4. The lowest BCUT2D eigenvalue weighted by molar-refractivity contribution is 0.760. The first-order valence-corrected chi connectivity index (χ1v) is 8.21. The van der Waals surface area contributed by atoms with Gasteiger partial charge in [-0.25, -0.2) is 19.9 Å². The topological polar surface area (TPSA) is 131 Å². The summed E-state index contributed by atoms with van der Waals surface area (Å²) in [4.78, 5) is 21.4. The Morgan fingerprint density at radius 1 is 1.11 bits per heavy atom. The summed E-state index contributed by atoms with van der Waals surface area (Å²) in [5.74, 6) is 1.84. The lowest BCUT2D eigenvalue weighted by Gasteiger charge is -2.17. The van der Waals surface area contributed by atoms with Crippen LogP contribution < -0.4 is 11.1 Å². The van der Waals surface area contributed by atoms with E-state index in [1.165, 1.54) is 6.20 Å². The predicted molar refractivity (Wildman–Crippen MR) is 99.9 cm³/mol. The number of nitrogens with two attached hydrogens (primary N) is 1. The zero-order chi connectivity index (χ0) is 18.8. The van der Waals surface area contributed by atoms with Crippen molar-refractivity contribution in [3.05, 3.63) is 60.3 Å². The fraction of sp³-hybridized carbons (Fsp3) is 0.111. The van der Waals surface area contributed by atoms with Crippen molar-refractivity contribution < 1.29 is 0 Å². The van der Waals surface area contributed by atoms with E-state index in [9.17, 15) is 5.26 Å². The second kappa shape index (κ2) is 6.68. The Labute approximate surface area is 154 Å². The van der Waals surface area contributed by atoms with Crippen LogP contribution in [0.2, 0.25) is 0 Å². The molecule has 1 atom stereocenters. The Morgan fingerprint density at radius 2 is 1.96 bits per heavy atom. The van der Waals surface area contributed by atoms with Gasteiger partial charge in [0.15, 0.2) is 5.65 Å². The molecule has 0 fully saturated rings. The molecule has 3 N–H and O–H groups in total. The molecule has 0 bridgehead atoms. The molecule has 4 rings (SSSR count). The van der Waals surface area contributed by atoms with Crippen molar-refractivity contribution in [3.63, 3.8) is 0 Å². The summed E-state index contributed by atoms with van der Waals surface area (Å²) in [6, 6.07) is 11.2. The van der Waals surface area contributed by atoms with Crippen molar-refractivity contribution in [2.75, 3.05) is 11.1 Å². The van der Waals surface area contributed by atoms with Gasteiger partial charge in [-0.1, -0.05) is 6.07 Å². The highest BCUT2D eigenvalue weighted by Crippen LogP contribution is 2.26. The number of anilines is 2. The van der Waals surface area contributed by atoms with E-state index in [4.69, 9.17) is 5.73 Å². The third-order valence-corrected chi connectivity index (χ3v) is 4.00. The van der Waals surface area contributed by atoms with Gasteiger partial charge >= 0.3 is 0 Å². The number of aromatic nitrogens is 6. The van der Waals surface area contributed by atoms with Crippen LogP contribution in [0, 0.1) is 11.3 Å². The van der Waals surface area contributed by atoms with Crippen LogP contribution in [0.25, 0.3) is 17.0 Å². The predicted octanol–water partition coefficient (Wildman–Crippen LogP) is 2.23. The minimum absolute atomic E-state index is 0.0867. The monoisotopic (exact) mass is 357 g/mol. The standard InChI is InChI=1S/C18H15N9/c1-11(24-15-12(9-19)10-23-18(20)26-15)17-25-16-13(5-4-8-22-16)27(17)14-6-2-3-7-21-14/h2-8,10-11H,1H3,(H3,20,23,24,26)/t11-/m0/s1. The van der Waals surface area contributed by atoms with Gasteiger partial charge in [0.25, 0.3) is 0 Å². The molecule has 4 aromatic rings. The average molecular weight is 357 g/mol. The quantitative estimate of drug-likeness (QED) is 0.568. The van der Waals surface area contributed by atoms with Gasteiger partial charge in [-0.2, -0.15) is 10.2 Å². The molecule has 0 aliphatic rings. The van der Waals surface area contributed by atoms with Crippen LogP contribution in [0.1, 0.15) is 24.4 Å². The number of fused-ring (bicyclic) bond motifs is 1. The Hall–Kier alpha value is -4.06. The fourth-order valence-corrected chi connectivity index (χ4v) is 2.81. The van der Waals surface area contributed by atoms with Crippen LogP contribution in [-0.2, 0) is 0 Å². The highest BCUT2D eigenvalue weighted by atomic mass is 15.2. The van der Waals surface area contributed by atoms with E-state index >= 15 is 0 Å². The molecule has 0 aliphatic heterocycles. The van der Waals surface area contributed by atoms with Crippen molar-refractivity contribution >= 4 is 22.9 Å². The van der Waals surface area contributed by atoms with Crippen LogP contribution in [-0.4, -0.2) is 29.5 Å². The second-order valence-corrected chi connectivity index (χ2v) is 5.81. The van der Waals surface area contributed by atoms with Gasteiger partial charge in [0, 0.05) is 12.4 Å².